The summed E-state index contributed by atoms with van der Waals surface area (Å²) in [5.41, 5.74) is 0.614. The summed E-state index contributed by atoms with van der Waals surface area (Å²) in [6, 6.07) is 15.0. The molecule has 3 heterocycles. The molecule has 2 bridgehead atoms. The summed E-state index contributed by atoms with van der Waals surface area (Å²) < 4.78 is 5.51. The number of aromatic nitrogens is 1. The Bertz CT molecular complexity index is 864. The fraction of sp³-hybridized carbons (Fsp3) is 0.381. The van der Waals surface area contributed by atoms with E-state index in [0.29, 0.717) is 18.4 Å². The number of pyridine rings is 1. The Balaban J connectivity index is 1.49. The van der Waals surface area contributed by atoms with Gasteiger partial charge in [0.1, 0.15) is 18.4 Å². The minimum atomic E-state index is -1.14. The van der Waals surface area contributed by atoms with Gasteiger partial charge in [-0.1, -0.05) is 36.4 Å². The Morgan fingerprint density at radius 2 is 1.93 bits per heavy atom. The number of rotatable bonds is 3. The van der Waals surface area contributed by atoms with Crippen LogP contribution in [0.25, 0.3) is 0 Å². The van der Waals surface area contributed by atoms with Crippen LogP contribution < -0.4 is 0 Å². The van der Waals surface area contributed by atoms with Gasteiger partial charge in [-0.05, 0) is 24.5 Å². The third-order valence-electron chi connectivity index (χ3n) is 5.60. The Labute approximate surface area is 158 Å². The zero-order valence-corrected chi connectivity index (χ0v) is 14.9. The average Bonchev–Trinajstić information content (AvgIpc) is 2.99. The Kier molecular flexibility index (Phi) is 4.54. The zero-order chi connectivity index (χ0) is 18.9. The van der Waals surface area contributed by atoms with Crippen molar-refractivity contribution in [1.82, 2.24) is 9.88 Å². The van der Waals surface area contributed by atoms with Crippen molar-refractivity contribution in [1.29, 1.82) is 5.26 Å². The highest BCUT2D eigenvalue weighted by Crippen LogP contribution is 2.46. The summed E-state index contributed by atoms with van der Waals surface area (Å²) in [4.78, 5) is 18.5. The van der Waals surface area contributed by atoms with Gasteiger partial charge in [0.05, 0.1) is 5.60 Å². The monoisotopic (exact) mass is 363 g/mol. The predicted molar refractivity (Wildman–Crippen MR) is 97.4 cm³/mol. The summed E-state index contributed by atoms with van der Waals surface area (Å²) in [6.07, 6.45) is 3.66. The molecular weight excluding hydrogens is 342 g/mol. The van der Waals surface area contributed by atoms with Gasteiger partial charge < -0.3 is 14.7 Å². The first-order valence-electron chi connectivity index (χ1n) is 9.18. The molecule has 0 radical (unpaired) electrons. The minimum absolute atomic E-state index is 0.0937. The van der Waals surface area contributed by atoms with Gasteiger partial charge in [0.25, 0.3) is 0 Å². The molecule has 2 fully saturated rings. The minimum Gasteiger partial charge on any atom is -0.445 e. The highest BCUT2D eigenvalue weighted by molar-refractivity contribution is 5.69. The molecule has 2 atom stereocenters. The van der Waals surface area contributed by atoms with E-state index in [1.165, 1.54) is 0 Å². The molecule has 138 valence electrons. The molecule has 2 saturated heterocycles. The maximum Gasteiger partial charge on any atom is 0.410 e. The number of carbonyl (C=O) groups excluding carboxylic acids is 1. The van der Waals surface area contributed by atoms with Gasteiger partial charge >= 0.3 is 6.09 Å². The topological polar surface area (TPSA) is 86.5 Å². The molecule has 0 aliphatic carbocycles. The lowest BCUT2D eigenvalue weighted by Crippen LogP contribution is -2.52. The summed E-state index contributed by atoms with van der Waals surface area (Å²) in [6.45, 7) is 0.237. The molecular formula is C21H21N3O3. The number of hydrogen-bond acceptors (Lipinski definition) is 5. The molecule has 4 rings (SSSR count). The fourth-order valence-corrected chi connectivity index (χ4v) is 4.41. The number of carbonyl (C=O) groups is 1. The van der Waals surface area contributed by atoms with E-state index in [1.807, 2.05) is 30.3 Å². The average molecular weight is 363 g/mol. The second-order valence-corrected chi connectivity index (χ2v) is 7.28. The molecule has 1 N–H and O–H groups in total. The molecule has 0 spiro atoms. The second kappa shape index (κ2) is 7.01. The van der Waals surface area contributed by atoms with Gasteiger partial charge in [-0.15, -0.1) is 0 Å². The Morgan fingerprint density at radius 1 is 1.22 bits per heavy atom. The molecule has 2 aliphatic heterocycles. The van der Waals surface area contributed by atoms with Crippen LogP contribution in [0.5, 0.6) is 0 Å². The number of nitrogens with zero attached hydrogens (tertiary/aromatic N) is 3. The SMILES string of the molecule is N#Cc1ncccc1C1(O)CC2CCC(C1)N2C(=O)OCc1ccccc1. The quantitative estimate of drug-likeness (QED) is 0.905. The normalized spacial score (nSPS) is 26.4. The van der Waals surface area contributed by atoms with Crippen molar-refractivity contribution in [2.45, 2.75) is 50.0 Å². The first-order chi connectivity index (χ1) is 13.1. The first-order valence-corrected chi connectivity index (χ1v) is 9.18. The van der Waals surface area contributed by atoms with Crippen LogP contribution in [0.3, 0.4) is 0 Å². The van der Waals surface area contributed by atoms with Crippen molar-refractivity contribution < 1.29 is 14.6 Å². The number of benzene rings is 1. The van der Waals surface area contributed by atoms with E-state index in [4.69, 9.17) is 4.74 Å². The molecule has 1 aromatic heterocycles. The van der Waals surface area contributed by atoms with Crippen molar-refractivity contribution >= 4 is 6.09 Å². The van der Waals surface area contributed by atoms with Crippen LogP contribution in [0.2, 0.25) is 0 Å². The van der Waals surface area contributed by atoms with E-state index < -0.39 is 5.60 Å². The van der Waals surface area contributed by atoms with E-state index in [0.717, 1.165) is 18.4 Å². The Hall–Kier alpha value is -2.91. The van der Waals surface area contributed by atoms with E-state index >= 15 is 0 Å². The molecule has 27 heavy (non-hydrogen) atoms. The molecule has 1 aromatic carbocycles. The van der Waals surface area contributed by atoms with Gasteiger partial charge in [0.15, 0.2) is 0 Å². The van der Waals surface area contributed by atoms with Crippen molar-refractivity contribution in [2.24, 2.45) is 0 Å². The molecule has 1 amide bonds. The highest BCUT2D eigenvalue weighted by Gasteiger charge is 2.51. The molecule has 6 heteroatoms. The maximum atomic E-state index is 12.7. The third kappa shape index (κ3) is 3.26. The first kappa shape index (κ1) is 17.5. The van der Waals surface area contributed by atoms with E-state index in [-0.39, 0.29) is 30.5 Å². The van der Waals surface area contributed by atoms with E-state index in [2.05, 4.69) is 11.1 Å². The molecule has 2 aliphatic rings. The number of aliphatic hydroxyl groups is 1. The Morgan fingerprint density at radius 3 is 2.59 bits per heavy atom. The van der Waals surface area contributed by atoms with Crippen LogP contribution in [-0.2, 0) is 16.9 Å². The lowest BCUT2D eigenvalue weighted by Gasteiger charge is -2.43. The standard InChI is InChI=1S/C21H21N3O3/c22-13-19-18(7-4-10-23-19)21(26)11-16-8-9-17(12-21)24(16)20(25)27-14-15-5-2-1-3-6-15/h1-7,10,16-17,26H,8-9,11-12,14H2. The fourth-order valence-electron chi connectivity index (χ4n) is 4.41. The number of nitriles is 1. The van der Waals surface area contributed by atoms with Crippen molar-refractivity contribution in [3.63, 3.8) is 0 Å². The van der Waals surface area contributed by atoms with Crippen LogP contribution in [0.1, 0.15) is 42.5 Å². The number of hydrogen-bond donors (Lipinski definition) is 1. The van der Waals surface area contributed by atoms with Crippen LogP contribution in [-0.4, -0.2) is 33.2 Å². The zero-order valence-electron chi connectivity index (χ0n) is 14.9. The number of fused-ring (bicyclic) bond motifs is 2. The largest absolute Gasteiger partial charge is 0.445 e. The molecule has 0 saturated carbocycles. The van der Waals surface area contributed by atoms with Crippen LogP contribution in [0.4, 0.5) is 4.79 Å². The lowest BCUT2D eigenvalue weighted by molar-refractivity contribution is -0.0540. The van der Waals surface area contributed by atoms with E-state index in [9.17, 15) is 15.2 Å². The van der Waals surface area contributed by atoms with Gasteiger partial charge in [0, 0.05) is 36.7 Å². The summed E-state index contributed by atoms with van der Waals surface area (Å²) in [5, 5.41) is 20.6. The van der Waals surface area contributed by atoms with Crippen molar-refractivity contribution in [3.8, 4) is 6.07 Å². The third-order valence-corrected chi connectivity index (χ3v) is 5.60. The maximum absolute atomic E-state index is 12.7. The number of ether oxygens (including phenoxy) is 1. The summed E-state index contributed by atoms with van der Waals surface area (Å²) in [7, 11) is 0. The predicted octanol–water partition coefficient (Wildman–Crippen LogP) is 3.10. The van der Waals surface area contributed by atoms with Gasteiger partial charge in [-0.2, -0.15) is 5.26 Å². The molecule has 6 nitrogen and oxygen atoms in total. The lowest BCUT2D eigenvalue weighted by atomic mass is 9.80. The number of piperidine rings is 1. The molecule has 2 aromatic rings. The van der Waals surface area contributed by atoms with Crippen molar-refractivity contribution in [3.05, 3.63) is 65.5 Å². The van der Waals surface area contributed by atoms with Gasteiger partial charge in [0.2, 0.25) is 0 Å². The van der Waals surface area contributed by atoms with E-state index in [1.54, 1.807) is 23.2 Å². The van der Waals surface area contributed by atoms with Crippen LogP contribution in [0.15, 0.2) is 48.7 Å². The summed E-state index contributed by atoms with van der Waals surface area (Å²) >= 11 is 0. The highest BCUT2D eigenvalue weighted by atomic mass is 16.6. The van der Waals surface area contributed by atoms with Crippen LogP contribution >= 0.6 is 0 Å². The second-order valence-electron chi connectivity index (χ2n) is 7.28. The van der Waals surface area contributed by atoms with Gasteiger partial charge in [-0.3, -0.25) is 0 Å². The smallest absolute Gasteiger partial charge is 0.410 e. The van der Waals surface area contributed by atoms with Gasteiger partial charge in [-0.25, -0.2) is 9.78 Å². The van der Waals surface area contributed by atoms with Crippen LogP contribution in [0, 0.1) is 11.3 Å². The molecule has 2 unspecified atom stereocenters. The van der Waals surface area contributed by atoms with Crippen molar-refractivity contribution in [2.75, 3.05) is 0 Å². The summed E-state index contributed by atoms with van der Waals surface area (Å²) in [5.74, 6) is 0. The number of amides is 1.